The molecular weight excluding hydrogens is 184 g/mol. The van der Waals surface area contributed by atoms with Crippen LogP contribution in [-0.2, 0) is 19.5 Å². The van der Waals surface area contributed by atoms with Crippen molar-refractivity contribution in [2.24, 2.45) is 5.73 Å². The highest BCUT2D eigenvalue weighted by Gasteiger charge is 2.13. The van der Waals surface area contributed by atoms with E-state index in [4.69, 9.17) is 18.0 Å². The quantitative estimate of drug-likeness (QED) is 0.563. The van der Waals surface area contributed by atoms with Crippen molar-refractivity contribution in [3.05, 3.63) is 21.7 Å². The Balaban J connectivity index is 2.57. The van der Waals surface area contributed by atoms with Gasteiger partial charge in [-0.25, -0.2) is 4.98 Å². The number of fused-ring (bicyclic) bond motifs is 1. The van der Waals surface area contributed by atoms with Crippen LogP contribution in [0.5, 0.6) is 0 Å². The number of hydrogen-bond donors (Lipinski definition) is 3. The summed E-state index contributed by atoms with van der Waals surface area (Å²) in [6, 6.07) is 0. The molecule has 0 aliphatic carbocycles. The van der Waals surface area contributed by atoms with Gasteiger partial charge in [0.1, 0.15) is 0 Å². The second-order valence-electron chi connectivity index (χ2n) is 3.08. The molecule has 0 radical (unpaired) electrons. The number of nitrogens with two attached hydrogens (primary N) is 1. The first-order valence-electron chi connectivity index (χ1n) is 4.33. The molecule has 2 rings (SSSR count). The van der Waals surface area contributed by atoms with Gasteiger partial charge in [-0.05, 0) is 12.2 Å². The molecule has 5 heteroatoms. The van der Waals surface area contributed by atoms with Crippen molar-refractivity contribution < 1.29 is 0 Å². The van der Waals surface area contributed by atoms with Crippen LogP contribution >= 0.6 is 12.2 Å². The summed E-state index contributed by atoms with van der Waals surface area (Å²) in [5, 5.41) is 3.29. The van der Waals surface area contributed by atoms with Gasteiger partial charge in [0.25, 0.3) is 0 Å². The van der Waals surface area contributed by atoms with E-state index >= 15 is 0 Å². The summed E-state index contributed by atoms with van der Waals surface area (Å²) in [7, 11) is 0. The molecule has 0 aromatic carbocycles. The molecule has 0 amide bonds. The number of rotatable bonds is 1. The van der Waals surface area contributed by atoms with Crippen LogP contribution in [0, 0.1) is 4.77 Å². The SMILES string of the molecule is NCc1nc(=S)[nH]c2c1CNCC2. The minimum Gasteiger partial charge on any atom is -0.334 e. The van der Waals surface area contributed by atoms with Gasteiger partial charge in [0, 0.05) is 37.3 Å². The van der Waals surface area contributed by atoms with E-state index in [-0.39, 0.29) is 0 Å². The van der Waals surface area contributed by atoms with Crippen LogP contribution in [0.3, 0.4) is 0 Å². The first kappa shape index (κ1) is 8.80. The van der Waals surface area contributed by atoms with Crippen molar-refractivity contribution in [3.63, 3.8) is 0 Å². The molecular formula is C8H12N4S. The van der Waals surface area contributed by atoms with Crippen LogP contribution < -0.4 is 11.1 Å². The van der Waals surface area contributed by atoms with Gasteiger partial charge in [-0.15, -0.1) is 0 Å². The number of nitrogens with one attached hydrogen (secondary N) is 2. The third-order valence-corrected chi connectivity index (χ3v) is 2.45. The van der Waals surface area contributed by atoms with E-state index in [0.29, 0.717) is 11.3 Å². The summed E-state index contributed by atoms with van der Waals surface area (Å²) >= 11 is 5.01. The third-order valence-electron chi connectivity index (χ3n) is 2.25. The van der Waals surface area contributed by atoms with Gasteiger partial charge in [-0.2, -0.15) is 0 Å². The van der Waals surface area contributed by atoms with E-state index < -0.39 is 0 Å². The summed E-state index contributed by atoms with van der Waals surface area (Å²) < 4.78 is 0.543. The Morgan fingerprint density at radius 2 is 2.38 bits per heavy atom. The smallest absolute Gasteiger partial charge is 0.197 e. The van der Waals surface area contributed by atoms with Crippen LogP contribution in [-0.4, -0.2) is 16.5 Å². The predicted molar refractivity (Wildman–Crippen MR) is 52.7 cm³/mol. The normalized spacial score (nSPS) is 15.5. The van der Waals surface area contributed by atoms with Crippen LogP contribution in [0.4, 0.5) is 0 Å². The minimum absolute atomic E-state index is 0.461. The predicted octanol–water partition coefficient (Wildman–Crippen LogP) is 0.244. The highest BCUT2D eigenvalue weighted by atomic mass is 32.1. The second-order valence-corrected chi connectivity index (χ2v) is 3.46. The largest absolute Gasteiger partial charge is 0.334 e. The van der Waals surface area contributed by atoms with E-state index in [2.05, 4.69) is 15.3 Å². The Bertz CT molecular complexity index is 351. The molecule has 0 atom stereocenters. The zero-order valence-corrected chi connectivity index (χ0v) is 8.08. The average Bonchev–Trinajstić information content (AvgIpc) is 2.16. The fourth-order valence-corrected chi connectivity index (χ4v) is 1.85. The van der Waals surface area contributed by atoms with Gasteiger partial charge in [0.05, 0.1) is 5.69 Å². The van der Waals surface area contributed by atoms with Crippen LogP contribution in [0.25, 0.3) is 0 Å². The molecule has 0 spiro atoms. The molecule has 1 aliphatic heterocycles. The molecule has 70 valence electrons. The summed E-state index contributed by atoms with van der Waals surface area (Å²) in [6.45, 7) is 2.30. The highest BCUT2D eigenvalue weighted by molar-refractivity contribution is 7.71. The van der Waals surface area contributed by atoms with Crippen molar-refractivity contribution in [2.45, 2.75) is 19.5 Å². The maximum Gasteiger partial charge on any atom is 0.197 e. The van der Waals surface area contributed by atoms with Gasteiger partial charge >= 0.3 is 0 Å². The molecule has 0 saturated carbocycles. The number of aromatic amines is 1. The van der Waals surface area contributed by atoms with Crippen LogP contribution in [0.15, 0.2) is 0 Å². The number of aromatic nitrogens is 2. The summed E-state index contributed by atoms with van der Waals surface area (Å²) in [4.78, 5) is 7.31. The number of nitrogens with zero attached hydrogens (tertiary/aromatic N) is 1. The van der Waals surface area contributed by atoms with Gasteiger partial charge in [0.2, 0.25) is 0 Å². The fraction of sp³-hybridized carbons (Fsp3) is 0.500. The second kappa shape index (κ2) is 3.53. The van der Waals surface area contributed by atoms with Crippen molar-refractivity contribution in [3.8, 4) is 0 Å². The molecule has 0 fully saturated rings. The van der Waals surface area contributed by atoms with E-state index in [1.165, 1.54) is 11.3 Å². The van der Waals surface area contributed by atoms with Gasteiger partial charge in [-0.1, -0.05) is 0 Å². The molecule has 1 aliphatic rings. The summed E-state index contributed by atoms with van der Waals surface area (Å²) in [5.41, 5.74) is 8.90. The first-order valence-corrected chi connectivity index (χ1v) is 4.74. The minimum atomic E-state index is 0.461. The van der Waals surface area contributed by atoms with Gasteiger partial charge in [0.15, 0.2) is 4.77 Å². The van der Waals surface area contributed by atoms with E-state index in [1.807, 2.05) is 0 Å². The average molecular weight is 196 g/mol. The van der Waals surface area contributed by atoms with Crippen molar-refractivity contribution in [1.29, 1.82) is 0 Å². The third kappa shape index (κ3) is 1.63. The topological polar surface area (TPSA) is 66.7 Å². The molecule has 13 heavy (non-hydrogen) atoms. The zero-order chi connectivity index (χ0) is 9.26. The van der Waals surface area contributed by atoms with E-state index in [9.17, 15) is 0 Å². The monoisotopic (exact) mass is 196 g/mol. The van der Waals surface area contributed by atoms with Gasteiger partial charge in [-0.3, -0.25) is 0 Å². The lowest BCUT2D eigenvalue weighted by molar-refractivity contribution is 0.614. The Morgan fingerprint density at radius 3 is 3.15 bits per heavy atom. The first-order chi connectivity index (χ1) is 6.31. The van der Waals surface area contributed by atoms with Crippen molar-refractivity contribution in [2.75, 3.05) is 6.54 Å². The maximum atomic E-state index is 5.59. The molecule has 1 aromatic heterocycles. The lowest BCUT2D eigenvalue weighted by Gasteiger charge is -2.18. The lowest BCUT2D eigenvalue weighted by Crippen LogP contribution is -2.27. The maximum absolute atomic E-state index is 5.59. The zero-order valence-electron chi connectivity index (χ0n) is 7.26. The molecule has 0 bridgehead atoms. The van der Waals surface area contributed by atoms with Crippen LogP contribution in [0.2, 0.25) is 0 Å². The summed E-state index contributed by atoms with van der Waals surface area (Å²) in [6.07, 6.45) is 0.981. The van der Waals surface area contributed by atoms with Gasteiger partial charge < -0.3 is 16.0 Å². The Labute approximate surface area is 81.6 Å². The van der Waals surface area contributed by atoms with Crippen LogP contribution in [0.1, 0.15) is 17.0 Å². The van der Waals surface area contributed by atoms with E-state index in [1.54, 1.807) is 0 Å². The molecule has 0 unspecified atom stereocenters. The lowest BCUT2D eigenvalue weighted by atomic mass is 10.1. The molecule has 0 saturated heterocycles. The Kier molecular flexibility index (Phi) is 2.39. The molecule has 1 aromatic rings. The molecule has 4 nitrogen and oxygen atoms in total. The standard InChI is InChI=1S/C8H12N4S/c9-3-7-5-4-10-2-1-6(5)11-8(13)12-7/h10H,1-4,9H2,(H,11,12,13). The molecule has 2 heterocycles. The molecule has 4 N–H and O–H groups in total. The van der Waals surface area contributed by atoms with Crippen molar-refractivity contribution in [1.82, 2.24) is 15.3 Å². The Morgan fingerprint density at radius 1 is 1.54 bits per heavy atom. The Hall–Kier alpha value is -0.780. The fourth-order valence-electron chi connectivity index (χ4n) is 1.61. The number of H-pyrrole nitrogens is 1. The summed E-state index contributed by atoms with van der Waals surface area (Å²) in [5.74, 6) is 0. The highest BCUT2D eigenvalue weighted by Crippen LogP contribution is 2.13. The number of hydrogen-bond acceptors (Lipinski definition) is 4. The van der Waals surface area contributed by atoms with E-state index in [0.717, 1.165) is 25.2 Å². The van der Waals surface area contributed by atoms with Crippen molar-refractivity contribution >= 4 is 12.2 Å².